The molecular formula is C21H48AlO9P3. The third-order valence-corrected chi connectivity index (χ3v) is 9.63. The van der Waals surface area contributed by atoms with Gasteiger partial charge in [-0.05, 0) is 19.3 Å². The van der Waals surface area contributed by atoms with Crippen LogP contribution >= 0.6 is 22.8 Å². The molecule has 0 aromatic carbocycles. The standard InChI is InChI=1S/3C7H17O3P.Al/c3*1-4-5-6-10-11(8,9)7(2)3;/h3*7H,4-6H2,1-3H3,(H,8,9);/q;;;+3/p-3. The summed E-state index contributed by atoms with van der Waals surface area (Å²) < 4.78 is 47.2. The van der Waals surface area contributed by atoms with Crippen molar-refractivity contribution in [1.29, 1.82) is 0 Å². The van der Waals surface area contributed by atoms with Crippen molar-refractivity contribution in [1.82, 2.24) is 0 Å². The molecule has 0 bridgehead atoms. The summed E-state index contributed by atoms with van der Waals surface area (Å²) in [7, 11) is -10.6. The maximum absolute atomic E-state index is 11.0. The fourth-order valence-electron chi connectivity index (χ4n) is 1.46. The van der Waals surface area contributed by atoms with Gasteiger partial charge in [0.1, 0.15) is 22.8 Å². The molecule has 0 N–H and O–H groups in total. The predicted octanol–water partition coefficient (Wildman–Crippen LogP) is 4.91. The van der Waals surface area contributed by atoms with Gasteiger partial charge in [-0.2, -0.15) is 0 Å². The summed E-state index contributed by atoms with van der Waals surface area (Å²) in [6, 6.07) is 0. The van der Waals surface area contributed by atoms with Crippen LogP contribution in [0.5, 0.6) is 0 Å². The zero-order chi connectivity index (χ0) is 26.7. The van der Waals surface area contributed by atoms with Gasteiger partial charge < -0.3 is 41.9 Å². The predicted molar refractivity (Wildman–Crippen MR) is 137 cm³/mol. The molecule has 0 radical (unpaired) electrons. The quantitative estimate of drug-likeness (QED) is 0.154. The summed E-state index contributed by atoms with van der Waals surface area (Å²) in [6.07, 6.45) is 5.28. The van der Waals surface area contributed by atoms with Gasteiger partial charge in [0.2, 0.25) is 0 Å². The normalized spacial score (nSPS) is 16.3. The Labute approximate surface area is 219 Å². The van der Waals surface area contributed by atoms with E-state index < -0.39 is 39.8 Å². The van der Waals surface area contributed by atoms with Crippen LogP contribution < -0.4 is 14.7 Å². The van der Waals surface area contributed by atoms with Gasteiger partial charge in [0.25, 0.3) is 0 Å². The van der Waals surface area contributed by atoms with E-state index in [0.717, 1.165) is 38.5 Å². The van der Waals surface area contributed by atoms with Crippen LogP contribution in [-0.2, 0) is 27.3 Å². The fourth-order valence-corrected chi connectivity index (χ4v) is 3.50. The van der Waals surface area contributed by atoms with Crippen molar-refractivity contribution in [3.05, 3.63) is 0 Å². The third kappa shape index (κ3) is 24.7. The molecule has 0 aliphatic carbocycles. The average molecular weight is 565 g/mol. The molecule has 0 saturated heterocycles. The van der Waals surface area contributed by atoms with E-state index in [0.29, 0.717) is 19.8 Å². The van der Waals surface area contributed by atoms with Crippen LogP contribution in [0.3, 0.4) is 0 Å². The topological polar surface area (TPSA) is 148 Å². The van der Waals surface area contributed by atoms with E-state index >= 15 is 0 Å². The Kier molecular flexibility index (Phi) is 28.6. The first-order valence-electron chi connectivity index (χ1n) is 11.9. The smallest absolute Gasteiger partial charge is 0.778 e. The Morgan fingerprint density at radius 3 is 0.824 bits per heavy atom. The van der Waals surface area contributed by atoms with E-state index in [9.17, 15) is 28.4 Å². The molecule has 0 aromatic rings. The molecule has 0 fully saturated rings. The second kappa shape index (κ2) is 23.1. The van der Waals surface area contributed by atoms with E-state index in [1.807, 2.05) is 20.8 Å². The van der Waals surface area contributed by atoms with Crippen molar-refractivity contribution in [2.24, 2.45) is 0 Å². The Hall–Kier alpha value is 0.982. The molecule has 13 heteroatoms. The van der Waals surface area contributed by atoms with Gasteiger partial charge >= 0.3 is 17.4 Å². The van der Waals surface area contributed by atoms with Crippen LogP contribution in [0.25, 0.3) is 0 Å². The van der Waals surface area contributed by atoms with Crippen LogP contribution in [0.15, 0.2) is 0 Å². The first-order chi connectivity index (χ1) is 15.0. The van der Waals surface area contributed by atoms with Gasteiger partial charge in [-0.1, -0.05) is 81.6 Å². The summed E-state index contributed by atoms with van der Waals surface area (Å²) in [5.74, 6) is 0. The van der Waals surface area contributed by atoms with Crippen molar-refractivity contribution in [3.63, 3.8) is 0 Å². The summed E-state index contributed by atoms with van der Waals surface area (Å²) in [6.45, 7) is 16.7. The third-order valence-electron chi connectivity index (χ3n) is 4.20. The van der Waals surface area contributed by atoms with Crippen LogP contribution in [0.1, 0.15) is 101 Å². The minimum atomic E-state index is -3.54. The number of hydrogen-bond acceptors (Lipinski definition) is 9. The molecule has 0 spiro atoms. The molecular weight excluding hydrogens is 516 g/mol. The van der Waals surface area contributed by atoms with Crippen LogP contribution in [0.4, 0.5) is 0 Å². The maximum Gasteiger partial charge on any atom is 3.00 e. The van der Waals surface area contributed by atoms with Crippen molar-refractivity contribution in [2.45, 2.75) is 118 Å². The zero-order valence-electron chi connectivity index (χ0n) is 22.7. The van der Waals surface area contributed by atoms with Crippen LogP contribution in [0, 0.1) is 0 Å². The Bertz CT molecular complexity index is 521. The molecule has 3 atom stereocenters. The molecule has 0 rings (SSSR count). The van der Waals surface area contributed by atoms with E-state index in [4.69, 9.17) is 13.6 Å². The molecule has 9 nitrogen and oxygen atoms in total. The average Bonchev–Trinajstić information content (AvgIpc) is 2.69. The van der Waals surface area contributed by atoms with Gasteiger partial charge in [0.15, 0.2) is 0 Å². The summed E-state index contributed by atoms with van der Waals surface area (Å²) in [5, 5.41) is 0. The molecule has 0 heterocycles. The number of hydrogen-bond donors (Lipinski definition) is 0. The first-order valence-corrected chi connectivity index (χ1v) is 16.7. The number of unbranched alkanes of at least 4 members (excludes halogenated alkanes) is 3. The van der Waals surface area contributed by atoms with Crippen LogP contribution in [-0.4, -0.2) is 54.2 Å². The summed E-state index contributed by atoms with van der Waals surface area (Å²) >= 11 is 0. The van der Waals surface area contributed by atoms with Gasteiger partial charge in [0.05, 0.1) is 19.8 Å². The minimum absolute atomic E-state index is 0. The molecule has 0 amide bonds. The molecule has 3 unspecified atom stereocenters. The van der Waals surface area contributed by atoms with E-state index in [1.165, 1.54) is 0 Å². The monoisotopic (exact) mass is 564 g/mol. The fraction of sp³-hybridized carbons (Fsp3) is 1.00. The molecule has 204 valence electrons. The molecule has 0 aromatic heterocycles. The summed E-state index contributed by atoms with van der Waals surface area (Å²) in [5.41, 5.74) is -1.21. The molecule has 0 saturated carbocycles. The SMILES string of the molecule is CCCCOP(=O)([O-])C(C)C.CCCCOP(=O)([O-])C(C)C.CCCCOP(=O)([O-])C(C)C.[Al+3]. The van der Waals surface area contributed by atoms with Crippen molar-refractivity contribution < 1.29 is 41.9 Å². The maximum atomic E-state index is 11.0. The van der Waals surface area contributed by atoms with Gasteiger partial charge in [-0.3, -0.25) is 0 Å². The Morgan fingerprint density at radius 2 is 0.706 bits per heavy atom. The second-order valence-corrected chi connectivity index (χ2v) is 15.6. The van der Waals surface area contributed by atoms with Crippen molar-refractivity contribution in [3.8, 4) is 0 Å². The largest absolute Gasteiger partial charge is 3.00 e. The zero-order valence-corrected chi connectivity index (χ0v) is 26.5. The second-order valence-electron chi connectivity index (χ2n) is 8.46. The van der Waals surface area contributed by atoms with E-state index in [2.05, 4.69) is 0 Å². The Balaban J connectivity index is -0.000000196. The molecule has 0 aliphatic heterocycles. The summed E-state index contributed by atoms with van der Waals surface area (Å²) in [4.78, 5) is 33.0. The number of rotatable bonds is 15. The minimum Gasteiger partial charge on any atom is -0.778 e. The van der Waals surface area contributed by atoms with Crippen molar-refractivity contribution >= 4 is 40.1 Å². The molecule has 34 heavy (non-hydrogen) atoms. The van der Waals surface area contributed by atoms with Crippen molar-refractivity contribution in [2.75, 3.05) is 19.8 Å². The van der Waals surface area contributed by atoms with Gasteiger partial charge in [0, 0.05) is 17.0 Å². The van der Waals surface area contributed by atoms with E-state index in [1.54, 1.807) is 41.5 Å². The first kappa shape index (κ1) is 42.1. The van der Waals surface area contributed by atoms with Gasteiger partial charge in [-0.25, -0.2) is 0 Å². The Morgan fingerprint density at radius 1 is 0.529 bits per heavy atom. The van der Waals surface area contributed by atoms with Crippen LogP contribution in [0.2, 0.25) is 0 Å². The molecule has 0 aliphatic rings. The van der Waals surface area contributed by atoms with E-state index in [-0.39, 0.29) is 17.4 Å². The van der Waals surface area contributed by atoms with Gasteiger partial charge in [-0.15, -0.1) is 0 Å².